The van der Waals surface area contributed by atoms with Crippen molar-refractivity contribution in [2.75, 3.05) is 6.54 Å². The van der Waals surface area contributed by atoms with Gasteiger partial charge in [0.05, 0.1) is 12.1 Å². The highest BCUT2D eigenvalue weighted by molar-refractivity contribution is 5.94. The van der Waals surface area contributed by atoms with Gasteiger partial charge in [0.25, 0.3) is 5.91 Å². The molecule has 20 heavy (non-hydrogen) atoms. The summed E-state index contributed by atoms with van der Waals surface area (Å²) in [4.78, 5) is 12.1. The first kappa shape index (κ1) is 12.9. The molecular weight excluding hydrogens is 252 g/mol. The number of hydrogen-bond acceptors (Lipinski definition) is 3. The van der Waals surface area contributed by atoms with Gasteiger partial charge in [-0.25, -0.2) is 0 Å². The average molecular weight is 270 g/mol. The minimum Gasteiger partial charge on any atom is -0.467 e. The molecule has 0 atom stereocenters. The first-order valence-corrected chi connectivity index (χ1v) is 6.85. The van der Waals surface area contributed by atoms with Gasteiger partial charge >= 0.3 is 0 Å². The highest BCUT2D eigenvalue weighted by Crippen LogP contribution is 2.47. The van der Waals surface area contributed by atoms with E-state index in [4.69, 9.17) is 10.2 Å². The third kappa shape index (κ3) is 2.47. The molecule has 0 unspecified atom stereocenters. The molecule has 3 N–H and O–H groups in total. The van der Waals surface area contributed by atoms with Crippen LogP contribution >= 0.6 is 0 Å². The lowest BCUT2D eigenvalue weighted by molar-refractivity contribution is 0.0949. The van der Waals surface area contributed by atoms with E-state index >= 15 is 0 Å². The fraction of sp³-hybridized carbons (Fsp3) is 0.312. The lowest BCUT2D eigenvalue weighted by Gasteiger charge is -2.16. The van der Waals surface area contributed by atoms with E-state index in [1.165, 1.54) is 11.8 Å². The maximum absolute atomic E-state index is 12.1. The summed E-state index contributed by atoms with van der Waals surface area (Å²) in [6, 6.07) is 12.0. The van der Waals surface area contributed by atoms with E-state index in [-0.39, 0.29) is 11.3 Å². The molecule has 0 radical (unpaired) electrons. The summed E-state index contributed by atoms with van der Waals surface area (Å²) in [5.74, 6) is 0.523. The Hall–Kier alpha value is -2.07. The molecule has 0 bridgehead atoms. The van der Waals surface area contributed by atoms with Crippen LogP contribution in [0.1, 0.15) is 34.5 Å². The number of rotatable bonds is 5. The molecule has 1 aromatic heterocycles. The third-order valence-corrected chi connectivity index (χ3v) is 3.94. The molecule has 1 saturated carbocycles. The largest absolute Gasteiger partial charge is 0.467 e. The summed E-state index contributed by atoms with van der Waals surface area (Å²) in [7, 11) is 0. The van der Waals surface area contributed by atoms with Crippen molar-refractivity contribution >= 4 is 5.91 Å². The second-order valence-electron chi connectivity index (χ2n) is 5.33. The second-order valence-corrected chi connectivity index (χ2v) is 5.33. The van der Waals surface area contributed by atoms with Gasteiger partial charge in [-0.1, -0.05) is 30.3 Å². The molecule has 3 rings (SSSR count). The predicted molar refractivity (Wildman–Crippen MR) is 76.3 cm³/mol. The van der Waals surface area contributed by atoms with Crippen LogP contribution in [0.2, 0.25) is 0 Å². The number of furan rings is 1. The van der Waals surface area contributed by atoms with E-state index in [1.807, 2.05) is 18.2 Å². The van der Waals surface area contributed by atoms with E-state index < -0.39 is 0 Å². The summed E-state index contributed by atoms with van der Waals surface area (Å²) in [6.45, 7) is 0.972. The molecule has 4 nitrogen and oxygen atoms in total. The van der Waals surface area contributed by atoms with Crippen molar-refractivity contribution in [3.05, 3.63) is 59.5 Å². The SMILES string of the molecule is NCc1cc(C(=O)NCC2(c3ccccc3)CC2)co1. The van der Waals surface area contributed by atoms with Crippen LogP contribution in [-0.4, -0.2) is 12.5 Å². The summed E-state index contributed by atoms with van der Waals surface area (Å²) in [5.41, 5.74) is 7.43. The zero-order valence-corrected chi connectivity index (χ0v) is 11.3. The molecule has 0 aliphatic heterocycles. The monoisotopic (exact) mass is 270 g/mol. The molecule has 4 heteroatoms. The molecule has 0 saturated heterocycles. The quantitative estimate of drug-likeness (QED) is 0.875. The first-order valence-electron chi connectivity index (χ1n) is 6.85. The Balaban J connectivity index is 1.63. The molecule has 2 aromatic rings. The Kier molecular flexibility index (Phi) is 3.32. The Labute approximate surface area is 118 Å². The summed E-state index contributed by atoms with van der Waals surface area (Å²) in [6.07, 6.45) is 3.70. The number of nitrogens with two attached hydrogens (primary N) is 1. The third-order valence-electron chi connectivity index (χ3n) is 3.94. The molecular formula is C16H18N2O2. The Morgan fingerprint density at radius 2 is 2.05 bits per heavy atom. The van der Waals surface area contributed by atoms with Crippen LogP contribution in [0.3, 0.4) is 0 Å². The van der Waals surface area contributed by atoms with E-state index in [0.29, 0.717) is 24.4 Å². The summed E-state index contributed by atoms with van der Waals surface area (Å²) in [5, 5.41) is 3.00. The minimum atomic E-state index is -0.101. The smallest absolute Gasteiger partial charge is 0.254 e. The number of carbonyl (C=O) groups is 1. The van der Waals surface area contributed by atoms with Crippen molar-refractivity contribution in [1.82, 2.24) is 5.32 Å². The number of carbonyl (C=O) groups excluding carboxylic acids is 1. The van der Waals surface area contributed by atoms with Gasteiger partial charge in [0.2, 0.25) is 0 Å². The Morgan fingerprint density at radius 3 is 2.65 bits per heavy atom. The average Bonchev–Trinajstić information content (AvgIpc) is 3.14. The zero-order valence-electron chi connectivity index (χ0n) is 11.3. The fourth-order valence-electron chi connectivity index (χ4n) is 2.47. The van der Waals surface area contributed by atoms with Gasteiger partial charge in [0.15, 0.2) is 0 Å². The minimum absolute atomic E-state index is 0.101. The maximum Gasteiger partial charge on any atom is 0.254 e. The van der Waals surface area contributed by atoms with E-state index in [9.17, 15) is 4.79 Å². The van der Waals surface area contributed by atoms with Crippen molar-refractivity contribution in [3.8, 4) is 0 Å². The van der Waals surface area contributed by atoms with Crippen LogP contribution in [0.15, 0.2) is 47.1 Å². The van der Waals surface area contributed by atoms with Crippen molar-refractivity contribution in [3.63, 3.8) is 0 Å². The second kappa shape index (κ2) is 5.13. The van der Waals surface area contributed by atoms with Gasteiger partial charge in [-0.05, 0) is 24.5 Å². The first-order chi connectivity index (χ1) is 9.73. The van der Waals surface area contributed by atoms with Crippen LogP contribution in [0.5, 0.6) is 0 Å². The molecule has 1 aliphatic carbocycles. The highest BCUT2D eigenvalue weighted by Gasteiger charge is 2.44. The van der Waals surface area contributed by atoms with E-state index in [2.05, 4.69) is 17.4 Å². The Bertz CT molecular complexity index is 600. The van der Waals surface area contributed by atoms with Crippen molar-refractivity contribution in [2.24, 2.45) is 5.73 Å². The van der Waals surface area contributed by atoms with E-state index in [1.54, 1.807) is 6.07 Å². The van der Waals surface area contributed by atoms with Crippen LogP contribution in [0, 0.1) is 0 Å². The van der Waals surface area contributed by atoms with Gasteiger partial charge in [0, 0.05) is 12.0 Å². The lowest BCUT2D eigenvalue weighted by atomic mass is 9.96. The number of nitrogens with one attached hydrogen (secondary N) is 1. The number of amides is 1. The summed E-state index contributed by atoms with van der Waals surface area (Å²) < 4.78 is 5.18. The van der Waals surface area contributed by atoms with Crippen LogP contribution in [0.25, 0.3) is 0 Å². The molecule has 104 valence electrons. The Morgan fingerprint density at radius 1 is 1.30 bits per heavy atom. The zero-order chi connectivity index (χ0) is 14.0. The normalized spacial score (nSPS) is 15.8. The molecule has 1 aromatic carbocycles. The standard InChI is InChI=1S/C16H18N2O2/c17-9-14-8-12(10-20-14)15(19)18-11-16(6-7-16)13-4-2-1-3-5-13/h1-5,8,10H,6-7,9,11,17H2,(H,18,19). The van der Waals surface area contributed by atoms with Gasteiger partial charge in [-0.3, -0.25) is 4.79 Å². The van der Waals surface area contributed by atoms with Gasteiger partial charge in [0.1, 0.15) is 12.0 Å². The van der Waals surface area contributed by atoms with E-state index in [0.717, 1.165) is 12.8 Å². The van der Waals surface area contributed by atoms with Gasteiger partial charge < -0.3 is 15.5 Å². The summed E-state index contributed by atoms with van der Waals surface area (Å²) >= 11 is 0. The topological polar surface area (TPSA) is 68.3 Å². The van der Waals surface area contributed by atoms with Crippen molar-refractivity contribution < 1.29 is 9.21 Å². The molecule has 1 heterocycles. The lowest BCUT2D eigenvalue weighted by Crippen LogP contribution is -2.32. The van der Waals surface area contributed by atoms with Crippen LogP contribution in [0.4, 0.5) is 0 Å². The van der Waals surface area contributed by atoms with Crippen molar-refractivity contribution in [2.45, 2.75) is 24.8 Å². The predicted octanol–water partition coefficient (Wildman–Crippen LogP) is 2.20. The van der Waals surface area contributed by atoms with Crippen LogP contribution in [-0.2, 0) is 12.0 Å². The fourth-order valence-corrected chi connectivity index (χ4v) is 2.47. The number of hydrogen-bond donors (Lipinski definition) is 2. The van der Waals surface area contributed by atoms with Crippen LogP contribution < -0.4 is 11.1 Å². The van der Waals surface area contributed by atoms with Crippen molar-refractivity contribution in [1.29, 1.82) is 0 Å². The maximum atomic E-state index is 12.1. The molecule has 1 aliphatic rings. The number of benzene rings is 1. The molecule has 1 amide bonds. The van der Waals surface area contributed by atoms with Gasteiger partial charge in [-0.2, -0.15) is 0 Å². The van der Waals surface area contributed by atoms with Gasteiger partial charge in [-0.15, -0.1) is 0 Å². The molecule has 0 spiro atoms. The highest BCUT2D eigenvalue weighted by atomic mass is 16.3. The molecule has 1 fully saturated rings.